The lowest BCUT2D eigenvalue weighted by atomic mass is 9.51. The molecule has 0 bridgehead atoms. The number of hydrogen-bond acceptors (Lipinski definition) is 4. The smallest absolute Gasteiger partial charge is 0.360 e. The van der Waals surface area contributed by atoms with E-state index in [1.165, 1.54) is 0 Å². The first kappa shape index (κ1) is 21.5. The summed E-state index contributed by atoms with van der Waals surface area (Å²) in [4.78, 5) is 17.7. The summed E-state index contributed by atoms with van der Waals surface area (Å²) in [6.07, 6.45) is 0.996. The third-order valence-electron chi connectivity index (χ3n) is 2.79. The molecule has 125 valence electrons. The van der Waals surface area contributed by atoms with Crippen LogP contribution < -0.4 is 5.73 Å². The molecule has 0 amide bonds. The van der Waals surface area contributed by atoms with Crippen LogP contribution in [0, 0.1) is 0 Å². The molecule has 0 fully saturated rings. The summed E-state index contributed by atoms with van der Waals surface area (Å²) in [5.74, 6) is 0. The first-order valence-electron chi connectivity index (χ1n) is 6.89. The van der Waals surface area contributed by atoms with Gasteiger partial charge in [0.25, 0.3) is 0 Å². The maximum absolute atomic E-state index is 10.9. The van der Waals surface area contributed by atoms with Gasteiger partial charge in [-0.1, -0.05) is 20.2 Å². The van der Waals surface area contributed by atoms with Gasteiger partial charge in [0.2, 0.25) is 0 Å². The highest BCUT2D eigenvalue weighted by molar-refractivity contribution is 7.50. The van der Waals surface area contributed by atoms with Gasteiger partial charge < -0.3 is 20.0 Å². The fourth-order valence-corrected chi connectivity index (χ4v) is 3.21. The molecular weight excluding hydrogens is 311 g/mol. The third-order valence-corrected chi connectivity index (χ3v) is 4.17. The molecule has 0 rings (SSSR count). The Kier molecular flexibility index (Phi) is 8.61. The van der Waals surface area contributed by atoms with Crippen LogP contribution in [-0.4, -0.2) is 48.6 Å². The van der Waals surface area contributed by atoms with E-state index in [2.05, 4.69) is 34.5 Å². The Labute approximate surface area is 130 Å². The quantitative estimate of drug-likeness (QED) is 0.417. The van der Waals surface area contributed by atoms with E-state index in [1.807, 2.05) is 0 Å². The van der Waals surface area contributed by atoms with Gasteiger partial charge in [-0.3, -0.25) is 4.52 Å². The van der Waals surface area contributed by atoms with Gasteiger partial charge >= 0.3 is 7.82 Å². The molecule has 4 N–H and O–H groups in total. The molecule has 0 aliphatic rings. The van der Waals surface area contributed by atoms with Crippen molar-refractivity contribution in [3.63, 3.8) is 0 Å². The summed E-state index contributed by atoms with van der Waals surface area (Å²) >= 11 is 0. The van der Waals surface area contributed by atoms with E-state index < -0.39 is 13.4 Å². The summed E-state index contributed by atoms with van der Waals surface area (Å²) < 4.78 is 21.3. The molecule has 0 spiro atoms. The van der Waals surface area contributed by atoms with Gasteiger partial charge in [-0.2, -0.15) is 0 Å². The molecule has 0 aliphatic carbocycles. The second kappa shape index (κ2) is 8.40. The second-order valence-electron chi connectivity index (χ2n) is 6.82. The van der Waals surface area contributed by atoms with Gasteiger partial charge in [0, 0.05) is 14.8 Å². The van der Waals surface area contributed by atoms with Crippen molar-refractivity contribution < 1.29 is 23.4 Å². The first-order valence-corrected chi connectivity index (χ1v) is 10.6. The van der Waals surface area contributed by atoms with Gasteiger partial charge in [-0.25, -0.2) is 4.57 Å². The van der Waals surface area contributed by atoms with Crippen LogP contribution in [0.25, 0.3) is 0 Å². The Bertz CT molecular complexity index is 360. The van der Waals surface area contributed by atoms with Crippen LogP contribution in [0.4, 0.5) is 0 Å². The van der Waals surface area contributed by atoms with E-state index in [0.29, 0.717) is 19.3 Å². The Hall–Kier alpha value is 0.525. The molecule has 21 heavy (non-hydrogen) atoms. The Morgan fingerprint density at radius 2 is 1.81 bits per heavy atom. The highest BCUT2D eigenvalue weighted by Crippen LogP contribution is 2.42. The van der Waals surface area contributed by atoms with E-state index in [9.17, 15) is 4.57 Å². The number of phosphoric ester groups is 1. The number of phosphoric acid groups is 1. The van der Waals surface area contributed by atoms with Gasteiger partial charge in [-0.05, 0) is 45.0 Å². The molecule has 9 heteroatoms. The minimum Gasteiger partial charge on any atom is -0.360 e. The topological polar surface area (TPSA) is 102 Å². The highest BCUT2D eigenvalue weighted by atomic mass is 31.2. The van der Waals surface area contributed by atoms with Crippen molar-refractivity contribution in [3.8, 4) is 0 Å². The predicted octanol–water partition coefficient (Wildman–Crippen LogP) is 2.59. The van der Waals surface area contributed by atoms with E-state index >= 15 is 0 Å². The lowest BCUT2D eigenvalue weighted by Crippen LogP contribution is -2.36. The van der Waals surface area contributed by atoms with Crippen LogP contribution in [0.15, 0.2) is 0 Å². The minimum absolute atomic E-state index is 0.0848. The fourth-order valence-electron chi connectivity index (χ4n) is 1.90. The van der Waals surface area contributed by atoms with Gasteiger partial charge in [0.15, 0.2) is 0 Å². The van der Waals surface area contributed by atoms with Crippen molar-refractivity contribution in [2.75, 3.05) is 19.9 Å². The zero-order chi connectivity index (χ0) is 16.9. The summed E-state index contributed by atoms with van der Waals surface area (Å²) in [5, 5.41) is -0.0848. The van der Waals surface area contributed by atoms with E-state index in [1.54, 1.807) is 13.8 Å². The fraction of sp³-hybridized carbons (Fsp3) is 1.00. The average molecular weight is 340 g/mol. The molecule has 0 saturated carbocycles. The average Bonchev–Trinajstić information content (AvgIpc) is 2.20. The van der Waals surface area contributed by atoms with Gasteiger partial charge in [-0.15, -0.1) is 0 Å². The molecule has 0 aromatic carbocycles. The summed E-state index contributed by atoms with van der Waals surface area (Å²) in [5.41, 5.74) is 5.08. The van der Waals surface area contributed by atoms with Crippen molar-refractivity contribution in [1.82, 2.24) is 0 Å². The van der Waals surface area contributed by atoms with Crippen LogP contribution in [0.2, 0.25) is 11.6 Å². The molecule has 0 aromatic heterocycles. The molecule has 6 nitrogen and oxygen atoms in total. The molecular formula is C12H29BNO5P2. The van der Waals surface area contributed by atoms with Gasteiger partial charge in [0.1, 0.15) is 7.28 Å². The third kappa shape index (κ3) is 12.7. The maximum atomic E-state index is 10.9. The Morgan fingerprint density at radius 3 is 2.24 bits per heavy atom. The molecule has 1 radical (unpaired) electrons. The number of hydrogen-bond donors (Lipinski definition) is 3. The second-order valence-corrected chi connectivity index (χ2v) is 9.87. The van der Waals surface area contributed by atoms with Crippen LogP contribution in [0.5, 0.6) is 0 Å². The summed E-state index contributed by atoms with van der Waals surface area (Å²) in [6.45, 7) is 12.2. The van der Waals surface area contributed by atoms with Gasteiger partial charge in [0.05, 0.1) is 5.60 Å². The highest BCUT2D eigenvalue weighted by Gasteiger charge is 2.31. The van der Waals surface area contributed by atoms with Crippen molar-refractivity contribution in [1.29, 1.82) is 0 Å². The number of nitrogens with two attached hydrogens (primary N) is 1. The van der Waals surface area contributed by atoms with Crippen LogP contribution >= 0.6 is 16.0 Å². The standard InChI is InChI=1S/C12H29BNO5P2/c1-11(2,9-18-20(5)6)13-8-10(14)7-12(3,4)19-21(15,16)17/h10H,7-9,14H2,1-6H3,(H2,15,16,17). The van der Waals surface area contributed by atoms with Crippen LogP contribution in [-0.2, 0) is 13.6 Å². The molecule has 0 aromatic rings. The predicted molar refractivity (Wildman–Crippen MR) is 89.1 cm³/mol. The van der Waals surface area contributed by atoms with Crippen LogP contribution in [0.3, 0.4) is 0 Å². The Morgan fingerprint density at radius 1 is 1.29 bits per heavy atom. The van der Waals surface area contributed by atoms with Crippen LogP contribution in [0.1, 0.15) is 34.1 Å². The SMILES string of the molecule is CP(C)OCC(C)(C)[B]CC(N)CC(C)(C)OP(=O)(O)O. The lowest BCUT2D eigenvalue weighted by Gasteiger charge is -2.30. The molecule has 1 unspecified atom stereocenters. The van der Waals surface area contributed by atoms with Crippen molar-refractivity contribution in [3.05, 3.63) is 0 Å². The zero-order valence-electron chi connectivity index (χ0n) is 13.9. The summed E-state index contributed by atoms with van der Waals surface area (Å²) in [7, 11) is -2.79. The molecule has 1 atom stereocenters. The summed E-state index contributed by atoms with van der Waals surface area (Å²) in [6, 6.07) is -0.226. The van der Waals surface area contributed by atoms with E-state index in [0.717, 1.165) is 0 Å². The largest absolute Gasteiger partial charge is 0.470 e. The van der Waals surface area contributed by atoms with E-state index in [4.69, 9.17) is 24.6 Å². The maximum Gasteiger partial charge on any atom is 0.470 e. The Balaban J connectivity index is 4.25. The van der Waals surface area contributed by atoms with E-state index in [-0.39, 0.29) is 19.5 Å². The normalized spacial score (nSPS) is 15.3. The van der Waals surface area contributed by atoms with Crippen molar-refractivity contribution >= 4 is 23.3 Å². The monoisotopic (exact) mass is 340 g/mol. The zero-order valence-corrected chi connectivity index (χ0v) is 15.7. The van der Waals surface area contributed by atoms with Crippen molar-refractivity contribution in [2.45, 2.75) is 57.4 Å². The molecule has 0 aliphatic heterocycles. The lowest BCUT2D eigenvalue weighted by molar-refractivity contribution is 0.0537. The first-order chi connectivity index (χ1) is 9.22. The minimum atomic E-state index is -4.50. The molecule has 0 saturated heterocycles. The number of rotatable bonds is 10. The van der Waals surface area contributed by atoms with Crippen molar-refractivity contribution in [2.24, 2.45) is 5.73 Å². The molecule has 0 heterocycles.